The van der Waals surface area contributed by atoms with Crippen molar-refractivity contribution in [3.05, 3.63) is 11.9 Å². The highest BCUT2D eigenvalue weighted by molar-refractivity contribution is 5.38. The largest absolute Gasteiger partial charge is 0.475 e. The van der Waals surface area contributed by atoms with E-state index in [-0.39, 0.29) is 0 Å². The molecule has 1 aromatic rings. The molecule has 1 rings (SSSR count). The molecule has 21 heavy (non-hydrogen) atoms. The summed E-state index contributed by atoms with van der Waals surface area (Å²) in [7, 11) is 1.65. The molecule has 0 atom stereocenters. The number of anilines is 1. The summed E-state index contributed by atoms with van der Waals surface area (Å²) >= 11 is 0. The van der Waals surface area contributed by atoms with E-state index < -0.39 is 0 Å². The molecule has 6 heteroatoms. The number of aromatic nitrogens is 2. The topological polar surface area (TPSA) is 65.5 Å². The third kappa shape index (κ3) is 7.82. The lowest BCUT2D eigenvalue weighted by atomic mass is 10.3. The fraction of sp³-hybridized carbons (Fsp3) is 0.733. The first-order valence-electron chi connectivity index (χ1n) is 7.61. The van der Waals surface area contributed by atoms with Gasteiger partial charge in [-0.2, -0.15) is 4.98 Å². The van der Waals surface area contributed by atoms with Crippen LogP contribution in [-0.4, -0.2) is 50.1 Å². The maximum atomic E-state index is 5.58. The van der Waals surface area contributed by atoms with Gasteiger partial charge >= 0.3 is 0 Å². The van der Waals surface area contributed by atoms with Crippen molar-refractivity contribution >= 4 is 5.82 Å². The molecule has 1 heterocycles. The number of aryl methyl sites for hydroxylation is 1. The van der Waals surface area contributed by atoms with Gasteiger partial charge in [0.15, 0.2) is 0 Å². The second kappa shape index (κ2) is 11.3. The van der Waals surface area contributed by atoms with E-state index >= 15 is 0 Å². The number of ether oxygens (including phenoxy) is 3. The van der Waals surface area contributed by atoms with E-state index in [0.29, 0.717) is 19.1 Å². The second-order valence-electron chi connectivity index (χ2n) is 4.58. The van der Waals surface area contributed by atoms with Gasteiger partial charge in [-0.1, -0.05) is 6.92 Å². The fourth-order valence-electron chi connectivity index (χ4n) is 1.74. The lowest BCUT2D eigenvalue weighted by Crippen LogP contribution is -2.11. The summed E-state index contributed by atoms with van der Waals surface area (Å²) < 4.78 is 15.9. The molecule has 0 saturated heterocycles. The number of hydrogen-bond donors (Lipinski definition) is 1. The van der Waals surface area contributed by atoms with Gasteiger partial charge in [-0.05, 0) is 19.8 Å². The molecule has 1 aromatic heterocycles. The number of nitrogens with one attached hydrogen (secondary N) is 1. The Kier molecular flexibility index (Phi) is 9.48. The van der Waals surface area contributed by atoms with Gasteiger partial charge in [0.2, 0.25) is 5.88 Å². The highest BCUT2D eigenvalue weighted by Crippen LogP contribution is 2.14. The number of rotatable bonds is 12. The molecule has 1 N–H and O–H groups in total. The van der Waals surface area contributed by atoms with Crippen molar-refractivity contribution in [2.45, 2.75) is 33.1 Å². The van der Waals surface area contributed by atoms with Gasteiger partial charge in [-0.25, -0.2) is 4.98 Å². The molecule has 0 bridgehead atoms. The molecule has 0 amide bonds. The Morgan fingerprint density at radius 1 is 1.14 bits per heavy atom. The van der Waals surface area contributed by atoms with Crippen LogP contribution in [0.2, 0.25) is 0 Å². The van der Waals surface area contributed by atoms with Crippen LogP contribution >= 0.6 is 0 Å². The first-order chi connectivity index (χ1) is 10.3. The second-order valence-corrected chi connectivity index (χ2v) is 4.58. The van der Waals surface area contributed by atoms with E-state index in [1.807, 2.05) is 13.0 Å². The lowest BCUT2D eigenvalue weighted by molar-refractivity contribution is 0.143. The quantitative estimate of drug-likeness (QED) is 0.597. The molecule has 0 aliphatic rings. The summed E-state index contributed by atoms with van der Waals surface area (Å²) in [6.45, 7) is 7.47. The molecular weight excluding hydrogens is 270 g/mol. The van der Waals surface area contributed by atoms with E-state index in [9.17, 15) is 0 Å². The Balaban J connectivity index is 2.54. The van der Waals surface area contributed by atoms with E-state index in [1.165, 1.54) is 0 Å². The summed E-state index contributed by atoms with van der Waals surface area (Å²) in [6, 6.07) is 1.83. The summed E-state index contributed by atoms with van der Waals surface area (Å²) in [5.41, 5.74) is 0. The maximum Gasteiger partial charge on any atom is 0.218 e. The van der Waals surface area contributed by atoms with Crippen molar-refractivity contribution in [1.29, 1.82) is 0 Å². The molecule has 0 radical (unpaired) electrons. The zero-order chi connectivity index (χ0) is 15.3. The summed E-state index contributed by atoms with van der Waals surface area (Å²) in [5.74, 6) is 2.20. The minimum Gasteiger partial charge on any atom is -0.475 e. The maximum absolute atomic E-state index is 5.58. The molecule has 6 nitrogen and oxygen atoms in total. The predicted molar refractivity (Wildman–Crippen MR) is 83.0 cm³/mol. The number of methoxy groups -OCH3 is 1. The molecule has 0 unspecified atom stereocenters. The van der Waals surface area contributed by atoms with Crippen molar-refractivity contribution in [2.75, 3.05) is 45.4 Å². The molecule has 0 aliphatic carbocycles. The van der Waals surface area contributed by atoms with Gasteiger partial charge in [-0.15, -0.1) is 0 Å². The van der Waals surface area contributed by atoms with E-state index in [2.05, 4.69) is 22.2 Å². The van der Waals surface area contributed by atoms with Gasteiger partial charge in [-0.3, -0.25) is 0 Å². The number of nitrogens with zero attached hydrogens (tertiary/aromatic N) is 2. The molecule has 0 saturated carbocycles. The van der Waals surface area contributed by atoms with Crippen LogP contribution in [-0.2, 0) is 15.9 Å². The van der Waals surface area contributed by atoms with Crippen LogP contribution < -0.4 is 10.1 Å². The normalized spacial score (nSPS) is 10.6. The fourth-order valence-corrected chi connectivity index (χ4v) is 1.74. The highest BCUT2D eigenvalue weighted by atomic mass is 16.5. The zero-order valence-corrected chi connectivity index (χ0v) is 13.4. The molecule has 0 aliphatic heterocycles. The van der Waals surface area contributed by atoms with Crippen LogP contribution in [0.1, 0.15) is 32.5 Å². The number of hydrogen-bond acceptors (Lipinski definition) is 6. The van der Waals surface area contributed by atoms with Gasteiger partial charge in [0.05, 0.1) is 6.61 Å². The molecule has 0 fully saturated rings. The monoisotopic (exact) mass is 297 g/mol. The third-order valence-corrected chi connectivity index (χ3v) is 2.74. The smallest absolute Gasteiger partial charge is 0.218 e. The van der Waals surface area contributed by atoms with Gasteiger partial charge in [0.25, 0.3) is 0 Å². The van der Waals surface area contributed by atoms with E-state index in [0.717, 1.165) is 50.7 Å². The van der Waals surface area contributed by atoms with Crippen LogP contribution in [0.25, 0.3) is 0 Å². The van der Waals surface area contributed by atoms with Gasteiger partial charge < -0.3 is 19.5 Å². The molecule has 0 spiro atoms. The predicted octanol–water partition coefficient (Wildman–Crippen LogP) is 2.29. The zero-order valence-electron chi connectivity index (χ0n) is 13.4. The first kappa shape index (κ1) is 17.7. The van der Waals surface area contributed by atoms with Crippen LogP contribution in [0, 0.1) is 0 Å². The van der Waals surface area contributed by atoms with Gasteiger partial charge in [0.1, 0.15) is 18.2 Å². The Morgan fingerprint density at radius 2 is 2.00 bits per heavy atom. The van der Waals surface area contributed by atoms with Crippen molar-refractivity contribution in [3.63, 3.8) is 0 Å². The Labute approximate surface area is 127 Å². The van der Waals surface area contributed by atoms with Gasteiger partial charge in [0, 0.05) is 39.4 Å². The Bertz CT molecular complexity index is 388. The lowest BCUT2D eigenvalue weighted by Gasteiger charge is -2.10. The van der Waals surface area contributed by atoms with Crippen LogP contribution in [0.4, 0.5) is 5.82 Å². The Morgan fingerprint density at radius 3 is 2.71 bits per heavy atom. The Hall–Kier alpha value is -1.40. The summed E-state index contributed by atoms with van der Waals surface area (Å²) in [4.78, 5) is 8.89. The molecule has 120 valence electrons. The first-order valence-corrected chi connectivity index (χ1v) is 7.61. The van der Waals surface area contributed by atoms with Crippen molar-refractivity contribution in [3.8, 4) is 5.88 Å². The molecular formula is C15H27N3O3. The van der Waals surface area contributed by atoms with Crippen LogP contribution in [0.3, 0.4) is 0 Å². The third-order valence-electron chi connectivity index (χ3n) is 2.74. The SMILES string of the molecule is CCCc1nc(NCCCOCC)cc(OCCOC)n1. The van der Waals surface area contributed by atoms with Crippen molar-refractivity contribution < 1.29 is 14.2 Å². The minimum absolute atomic E-state index is 0.489. The van der Waals surface area contributed by atoms with Crippen LogP contribution in [0.5, 0.6) is 5.88 Å². The average molecular weight is 297 g/mol. The standard InChI is InChI=1S/C15H27N3O3/c1-4-7-13-17-14(16-8-6-9-20-5-2)12-15(18-13)21-11-10-19-3/h12H,4-11H2,1-3H3,(H,16,17,18). The average Bonchev–Trinajstić information content (AvgIpc) is 2.48. The van der Waals surface area contributed by atoms with E-state index in [1.54, 1.807) is 7.11 Å². The van der Waals surface area contributed by atoms with Crippen molar-refractivity contribution in [2.24, 2.45) is 0 Å². The highest BCUT2D eigenvalue weighted by Gasteiger charge is 2.05. The van der Waals surface area contributed by atoms with Crippen molar-refractivity contribution in [1.82, 2.24) is 9.97 Å². The van der Waals surface area contributed by atoms with E-state index in [4.69, 9.17) is 14.2 Å². The summed E-state index contributed by atoms with van der Waals surface area (Å²) in [5, 5.41) is 3.29. The van der Waals surface area contributed by atoms with Crippen LogP contribution in [0.15, 0.2) is 6.07 Å². The minimum atomic E-state index is 0.489. The molecule has 0 aromatic carbocycles. The summed E-state index contributed by atoms with van der Waals surface area (Å²) in [6.07, 6.45) is 2.79.